The monoisotopic (exact) mass is 385 g/mol. The number of hydrogen-bond acceptors (Lipinski definition) is 4. The second kappa shape index (κ2) is 7.92. The summed E-state index contributed by atoms with van der Waals surface area (Å²) in [7, 11) is 0. The van der Waals surface area contributed by atoms with Gasteiger partial charge in [-0.1, -0.05) is 30.3 Å². The number of nitrogens with one attached hydrogen (secondary N) is 3. The van der Waals surface area contributed by atoms with Crippen LogP contribution in [0.5, 0.6) is 0 Å². The van der Waals surface area contributed by atoms with Crippen molar-refractivity contribution in [2.45, 2.75) is 13.5 Å². The maximum Gasteiger partial charge on any atom is 0.290 e. The zero-order valence-corrected chi connectivity index (χ0v) is 15.1. The van der Waals surface area contributed by atoms with Gasteiger partial charge in [0.05, 0.1) is 11.1 Å². The zero-order chi connectivity index (χ0) is 19.4. The summed E-state index contributed by atoms with van der Waals surface area (Å²) in [4.78, 5) is 24.9. The van der Waals surface area contributed by atoms with Gasteiger partial charge in [0, 0.05) is 11.9 Å². The number of amides is 1. The maximum absolute atomic E-state index is 13.6. The molecule has 1 aromatic heterocycles. The Balaban J connectivity index is 1.79. The molecule has 1 heterocycles. The summed E-state index contributed by atoms with van der Waals surface area (Å²) >= 11 is 5.05. The van der Waals surface area contributed by atoms with Crippen molar-refractivity contribution in [3.63, 3.8) is 0 Å². The topological polar surface area (TPSA) is 88.1 Å². The summed E-state index contributed by atoms with van der Waals surface area (Å²) < 4.78 is 14.8. The first-order chi connectivity index (χ1) is 13.0. The van der Waals surface area contributed by atoms with Crippen molar-refractivity contribution in [3.8, 4) is 0 Å². The highest BCUT2D eigenvalue weighted by atomic mass is 32.1. The molecule has 138 valence electrons. The normalized spacial score (nSPS) is 10.4. The number of hydrazine groups is 1. The highest BCUT2D eigenvalue weighted by Gasteiger charge is 2.16. The molecule has 0 aliphatic heterocycles. The highest BCUT2D eigenvalue weighted by Crippen LogP contribution is 2.13. The summed E-state index contributed by atoms with van der Waals surface area (Å²) in [5.74, 6) is -1.05. The molecule has 0 spiro atoms. The third kappa shape index (κ3) is 3.93. The molecule has 0 atom stereocenters. The van der Waals surface area contributed by atoms with E-state index < -0.39 is 11.7 Å². The molecule has 0 aliphatic rings. The lowest BCUT2D eigenvalue weighted by molar-refractivity contribution is 0.0938. The van der Waals surface area contributed by atoms with Crippen molar-refractivity contribution >= 4 is 39.7 Å². The minimum Gasteiger partial charge on any atom is -0.329 e. The minimum atomic E-state index is -0.578. The fourth-order valence-electron chi connectivity index (χ4n) is 2.51. The molecule has 27 heavy (non-hydrogen) atoms. The van der Waals surface area contributed by atoms with Crippen LogP contribution in [0.15, 0.2) is 53.3 Å². The van der Waals surface area contributed by atoms with Crippen LogP contribution in [0.25, 0.3) is 10.8 Å². The number of anilines is 1. The number of carbonyl (C=O) groups is 1. The Morgan fingerprint density at radius 1 is 1.11 bits per heavy atom. The lowest BCUT2D eigenvalue weighted by atomic mass is 10.1. The first kappa shape index (κ1) is 18.5. The lowest BCUT2D eigenvalue weighted by Gasteiger charge is -2.13. The summed E-state index contributed by atoms with van der Waals surface area (Å²) in [6.07, 6.45) is 0. The quantitative estimate of drug-likeness (QED) is 0.473. The van der Waals surface area contributed by atoms with E-state index >= 15 is 0 Å². The molecule has 0 aliphatic carbocycles. The van der Waals surface area contributed by atoms with Gasteiger partial charge in [0.25, 0.3) is 11.5 Å². The summed E-state index contributed by atoms with van der Waals surface area (Å²) in [5.41, 5.74) is 4.89. The van der Waals surface area contributed by atoms with E-state index in [2.05, 4.69) is 21.3 Å². The van der Waals surface area contributed by atoms with Crippen molar-refractivity contribution in [1.82, 2.24) is 20.6 Å². The van der Waals surface area contributed by atoms with E-state index in [1.165, 1.54) is 16.8 Å². The van der Waals surface area contributed by atoms with E-state index in [0.717, 1.165) is 0 Å². The molecule has 3 N–H and O–H groups in total. The van der Waals surface area contributed by atoms with Gasteiger partial charge in [0.1, 0.15) is 5.82 Å². The van der Waals surface area contributed by atoms with Crippen LogP contribution in [0.2, 0.25) is 0 Å². The highest BCUT2D eigenvalue weighted by molar-refractivity contribution is 7.80. The fourth-order valence-corrected chi connectivity index (χ4v) is 2.67. The van der Waals surface area contributed by atoms with Crippen molar-refractivity contribution in [3.05, 3.63) is 70.4 Å². The predicted molar refractivity (Wildman–Crippen MR) is 105 cm³/mol. The van der Waals surface area contributed by atoms with Crippen LogP contribution < -0.4 is 21.7 Å². The Morgan fingerprint density at radius 2 is 1.78 bits per heavy atom. The third-order valence-corrected chi connectivity index (χ3v) is 4.00. The van der Waals surface area contributed by atoms with Gasteiger partial charge in [0.15, 0.2) is 10.8 Å². The van der Waals surface area contributed by atoms with E-state index in [4.69, 9.17) is 12.2 Å². The Morgan fingerprint density at radius 3 is 2.48 bits per heavy atom. The molecule has 3 aromatic rings. The van der Waals surface area contributed by atoms with Crippen molar-refractivity contribution in [2.24, 2.45) is 0 Å². The number of para-hydroxylation sites is 1. The largest absolute Gasteiger partial charge is 0.329 e. The molecule has 7 nitrogen and oxygen atoms in total. The standard InChI is InChI=1S/C18H16FN5O2S/c1-2-24-17(26)12-8-4-3-7-11(12)15(23-24)16(25)21-22-18(27)20-14-10-6-5-9-13(14)19/h3-10H,2H2,1H3,(H,21,25)(H2,20,22,27). The van der Waals surface area contributed by atoms with E-state index in [1.807, 2.05) is 0 Å². The Hall–Kier alpha value is -3.33. The fraction of sp³-hybridized carbons (Fsp3) is 0.111. The summed E-state index contributed by atoms with van der Waals surface area (Å²) in [6.45, 7) is 2.08. The number of hydrogen-bond donors (Lipinski definition) is 3. The zero-order valence-electron chi connectivity index (χ0n) is 14.3. The minimum absolute atomic E-state index is 0.00145. The number of halogens is 1. The van der Waals surface area contributed by atoms with Crippen LogP contribution in [0.4, 0.5) is 10.1 Å². The number of rotatable bonds is 3. The molecule has 0 saturated heterocycles. The number of aromatic nitrogens is 2. The lowest BCUT2D eigenvalue weighted by Crippen LogP contribution is -2.44. The van der Waals surface area contributed by atoms with Crippen LogP contribution in [0, 0.1) is 5.82 Å². The predicted octanol–water partition coefficient (Wildman–Crippen LogP) is 2.19. The molecule has 2 aromatic carbocycles. The van der Waals surface area contributed by atoms with Crippen molar-refractivity contribution < 1.29 is 9.18 Å². The number of carbonyl (C=O) groups excluding carboxylic acids is 1. The summed E-state index contributed by atoms with van der Waals surface area (Å²) in [6, 6.07) is 12.7. The first-order valence-electron chi connectivity index (χ1n) is 8.13. The smallest absolute Gasteiger partial charge is 0.290 e. The number of thiocarbonyl (C=S) groups is 1. The van der Waals surface area contributed by atoms with Gasteiger partial charge in [-0.05, 0) is 37.3 Å². The average molecular weight is 385 g/mol. The number of nitrogens with zero attached hydrogens (tertiary/aromatic N) is 2. The molecular formula is C18H16FN5O2S. The SMILES string of the molecule is CCn1nc(C(=O)NNC(=S)Nc2ccccc2F)c2ccccc2c1=O. The van der Waals surface area contributed by atoms with Gasteiger partial charge in [0.2, 0.25) is 0 Å². The Labute approximate surface area is 159 Å². The van der Waals surface area contributed by atoms with Gasteiger partial charge in [-0.25, -0.2) is 9.07 Å². The van der Waals surface area contributed by atoms with Gasteiger partial charge in [-0.15, -0.1) is 0 Å². The molecule has 3 rings (SSSR count). The Bertz CT molecular complexity index is 1080. The molecular weight excluding hydrogens is 369 g/mol. The van der Waals surface area contributed by atoms with Crippen LogP contribution in [0.1, 0.15) is 17.4 Å². The van der Waals surface area contributed by atoms with Crippen LogP contribution in [0.3, 0.4) is 0 Å². The van der Waals surface area contributed by atoms with E-state index in [9.17, 15) is 14.0 Å². The first-order valence-corrected chi connectivity index (χ1v) is 8.53. The van der Waals surface area contributed by atoms with E-state index in [0.29, 0.717) is 17.3 Å². The van der Waals surface area contributed by atoms with E-state index in [1.54, 1.807) is 43.3 Å². The molecule has 1 amide bonds. The average Bonchev–Trinajstić information content (AvgIpc) is 2.68. The number of fused-ring (bicyclic) bond motifs is 1. The van der Waals surface area contributed by atoms with Crippen molar-refractivity contribution in [1.29, 1.82) is 0 Å². The van der Waals surface area contributed by atoms with Crippen molar-refractivity contribution in [2.75, 3.05) is 5.32 Å². The molecule has 0 unspecified atom stereocenters. The molecule has 0 fully saturated rings. The molecule has 9 heteroatoms. The maximum atomic E-state index is 13.6. The second-order valence-corrected chi connectivity index (χ2v) is 5.94. The number of aryl methyl sites for hydroxylation is 1. The number of benzene rings is 2. The Kier molecular flexibility index (Phi) is 5.41. The van der Waals surface area contributed by atoms with Crippen LogP contribution in [-0.4, -0.2) is 20.8 Å². The third-order valence-electron chi connectivity index (χ3n) is 3.79. The molecule has 0 radical (unpaired) electrons. The van der Waals surface area contributed by atoms with Crippen LogP contribution >= 0.6 is 12.2 Å². The molecule has 0 saturated carbocycles. The second-order valence-electron chi connectivity index (χ2n) is 5.53. The van der Waals surface area contributed by atoms with Gasteiger partial charge < -0.3 is 5.32 Å². The van der Waals surface area contributed by atoms with Crippen LogP contribution in [-0.2, 0) is 6.54 Å². The summed E-state index contributed by atoms with van der Waals surface area (Å²) in [5, 5.41) is 7.59. The van der Waals surface area contributed by atoms with E-state index in [-0.39, 0.29) is 22.1 Å². The van der Waals surface area contributed by atoms with Gasteiger partial charge in [-0.2, -0.15) is 5.10 Å². The van der Waals surface area contributed by atoms with Gasteiger partial charge >= 0.3 is 0 Å². The molecule has 0 bridgehead atoms. The van der Waals surface area contributed by atoms with Gasteiger partial charge in [-0.3, -0.25) is 20.4 Å².